The molecule has 3 N–H and O–H groups in total. The Bertz CT molecular complexity index is 577. The van der Waals surface area contributed by atoms with Gasteiger partial charge in [0.2, 0.25) is 0 Å². The zero-order valence-corrected chi connectivity index (χ0v) is 11.8. The molecule has 2 rings (SSSR count). The van der Waals surface area contributed by atoms with Crippen LogP contribution >= 0.6 is 0 Å². The largest absolute Gasteiger partial charge is 0.396 e. The number of hydrogen-bond donors (Lipinski definition) is 2. The average molecular weight is 272 g/mol. The zero-order chi connectivity index (χ0) is 14.5. The molecular formula is C15H20N4O. The second-order valence-corrected chi connectivity index (χ2v) is 4.83. The summed E-state index contributed by atoms with van der Waals surface area (Å²) in [6, 6.07) is 10.1. The van der Waals surface area contributed by atoms with Crippen LogP contribution in [0.15, 0.2) is 36.5 Å². The molecule has 1 amide bonds. The molecule has 106 valence electrons. The SMILES string of the molecule is CCn1ncc(N)c1C(=O)NC(C)Cc1ccccc1. The van der Waals surface area contributed by atoms with Crippen molar-refractivity contribution in [1.29, 1.82) is 0 Å². The van der Waals surface area contributed by atoms with Crippen molar-refractivity contribution in [3.8, 4) is 0 Å². The molecule has 5 heteroatoms. The van der Waals surface area contributed by atoms with Crippen molar-refractivity contribution < 1.29 is 4.79 Å². The van der Waals surface area contributed by atoms with Crippen molar-refractivity contribution in [2.75, 3.05) is 5.73 Å². The van der Waals surface area contributed by atoms with Gasteiger partial charge in [0, 0.05) is 12.6 Å². The maximum absolute atomic E-state index is 12.3. The fraction of sp³-hybridized carbons (Fsp3) is 0.333. The number of hydrogen-bond acceptors (Lipinski definition) is 3. The lowest BCUT2D eigenvalue weighted by Gasteiger charge is -2.15. The third kappa shape index (κ3) is 3.17. The van der Waals surface area contributed by atoms with Gasteiger partial charge in [-0.1, -0.05) is 30.3 Å². The van der Waals surface area contributed by atoms with Crippen LogP contribution in [0.2, 0.25) is 0 Å². The van der Waals surface area contributed by atoms with E-state index in [1.807, 2.05) is 44.2 Å². The Kier molecular flexibility index (Phi) is 4.40. The van der Waals surface area contributed by atoms with Crippen LogP contribution in [0.25, 0.3) is 0 Å². The van der Waals surface area contributed by atoms with Crippen molar-refractivity contribution >= 4 is 11.6 Å². The van der Waals surface area contributed by atoms with Crippen LogP contribution in [0, 0.1) is 0 Å². The summed E-state index contributed by atoms with van der Waals surface area (Å²) in [6.45, 7) is 4.53. The van der Waals surface area contributed by atoms with Crippen molar-refractivity contribution in [1.82, 2.24) is 15.1 Å². The van der Waals surface area contributed by atoms with E-state index in [1.165, 1.54) is 11.8 Å². The van der Waals surface area contributed by atoms with Crippen LogP contribution in [0.4, 0.5) is 5.69 Å². The molecule has 1 atom stereocenters. The molecule has 0 aliphatic heterocycles. The van der Waals surface area contributed by atoms with Gasteiger partial charge in [-0.3, -0.25) is 9.48 Å². The highest BCUT2D eigenvalue weighted by Crippen LogP contribution is 2.11. The Labute approximate surface area is 118 Å². The van der Waals surface area contributed by atoms with E-state index in [9.17, 15) is 4.79 Å². The predicted octanol–water partition coefficient (Wildman–Crippen LogP) is 1.85. The standard InChI is InChI=1S/C15H20N4O/c1-3-19-14(13(16)10-17-19)15(20)18-11(2)9-12-7-5-4-6-8-12/h4-8,10-11H,3,9,16H2,1-2H3,(H,18,20). The number of rotatable bonds is 5. The number of aromatic nitrogens is 2. The van der Waals surface area contributed by atoms with E-state index < -0.39 is 0 Å². The smallest absolute Gasteiger partial charge is 0.271 e. The number of benzene rings is 1. The van der Waals surface area contributed by atoms with Gasteiger partial charge in [-0.05, 0) is 25.8 Å². The molecule has 1 aromatic heterocycles. The summed E-state index contributed by atoms with van der Waals surface area (Å²) in [5.41, 5.74) is 7.84. The molecule has 0 fully saturated rings. The first-order valence-corrected chi connectivity index (χ1v) is 6.78. The summed E-state index contributed by atoms with van der Waals surface area (Å²) < 4.78 is 1.61. The Morgan fingerprint density at radius 2 is 2.10 bits per heavy atom. The van der Waals surface area contributed by atoms with E-state index in [1.54, 1.807) is 4.68 Å². The third-order valence-electron chi connectivity index (χ3n) is 3.14. The predicted molar refractivity (Wildman–Crippen MR) is 79.4 cm³/mol. The molecule has 2 aromatic rings. The van der Waals surface area contributed by atoms with E-state index in [2.05, 4.69) is 10.4 Å². The van der Waals surface area contributed by atoms with Gasteiger partial charge in [0.25, 0.3) is 5.91 Å². The number of carbonyl (C=O) groups is 1. The van der Waals surface area contributed by atoms with Crippen LogP contribution in [0.1, 0.15) is 29.9 Å². The number of nitrogens with zero attached hydrogens (tertiary/aromatic N) is 2. The number of carbonyl (C=O) groups excluding carboxylic acids is 1. The third-order valence-corrected chi connectivity index (χ3v) is 3.14. The molecule has 5 nitrogen and oxygen atoms in total. The lowest BCUT2D eigenvalue weighted by molar-refractivity contribution is 0.0930. The van der Waals surface area contributed by atoms with Gasteiger partial charge in [0.15, 0.2) is 0 Å². The molecule has 20 heavy (non-hydrogen) atoms. The van der Waals surface area contributed by atoms with Gasteiger partial charge in [0.05, 0.1) is 11.9 Å². The van der Waals surface area contributed by atoms with Crippen LogP contribution in [0.3, 0.4) is 0 Å². The lowest BCUT2D eigenvalue weighted by atomic mass is 10.1. The summed E-state index contributed by atoms with van der Waals surface area (Å²) in [6.07, 6.45) is 2.30. The minimum absolute atomic E-state index is 0.0320. The van der Waals surface area contributed by atoms with Crippen molar-refractivity contribution in [2.45, 2.75) is 32.9 Å². The van der Waals surface area contributed by atoms with E-state index in [4.69, 9.17) is 5.73 Å². The first kappa shape index (κ1) is 14.1. The lowest BCUT2D eigenvalue weighted by Crippen LogP contribution is -2.35. The maximum Gasteiger partial charge on any atom is 0.271 e. The minimum atomic E-state index is -0.176. The van der Waals surface area contributed by atoms with E-state index in [0.717, 1.165) is 6.42 Å². The molecule has 1 unspecified atom stereocenters. The second-order valence-electron chi connectivity index (χ2n) is 4.83. The molecule has 0 saturated carbocycles. The molecule has 0 aliphatic carbocycles. The van der Waals surface area contributed by atoms with Crippen LogP contribution in [-0.2, 0) is 13.0 Å². The minimum Gasteiger partial charge on any atom is -0.396 e. The monoisotopic (exact) mass is 272 g/mol. The highest BCUT2D eigenvalue weighted by atomic mass is 16.2. The number of nitrogen functional groups attached to an aromatic ring is 1. The van der Waals surface area contributed by atoms with Crippen molar-refractivity contribution in [2.24, 2.45) is 0 Å². The van der Waals surface area contributed by atoms with E-state index >= 15 is 0 Å². The number of aryl methyl sites for hydroxylation is 1. The van der Waals surface area contributed by atoms with Crippen LogP contribution in [0.5, 0.6) is 0 Å². The normalized spacial score (nSPS) is 12.1. The molecule has 0 aliphatic rings. The summed E-state index contributed by atoms with van der Waals surface area (Å²) in [7, 11) is 0. The highest BCUT2D eigenvalue weighted by molar-refractivity contribution is 5.97. The first-order chi connectivity index (χ1) is 9.61. The number of nitrogens with one attached hydrogen (secondary N) is 1. The first-order valence-electron chi connectivity index (χ1n) is 6.78. The Morgan fingerprint density at radius 3 is 2.75 bits per heavy atom. The Morgan fingerprint density at radius 1 is 1.40 bits per heavy atom. The average Bonchev–Trinajstić information content (AvgIpc) is 2.80. The van der Waals surface area contributed by atoms with Gasteiger partial charge in [-0.25, -0.2) is 0 Å². The topological polar surface area (TPSA) is 72.9 Å². The molecule has 0 spiro atoms. The van der Waals surface area contributed by atoms with Crippen molar-refractivity contribution in [3.63, 3.8) is 0 Å². The van der Waals surface area contributed by atoms with E-state index in [-0.39, 0.29) is 11.9 Å². The van der Waals surface area contributed by atoms with Gasteiger partial charge < -0.3 is 11.1 Å². The number of amides is 1. The molecule has 1 heterocycles. The molecule has 1 aromatic carbocycles. The second kappa shape index (κ2) is 6.23. The van der Waals surface area contributed by atoms with Gasteiger partial charge in [-0.15, -0.1) is 0 Å². The van der Waals surface area contributed by atoms with Gasteiger partial charge in [0.1, 0.15) is 5.69 Å². The molecule has 0 radical (unpaired) electrons. The van der Waals surface area contributed by atoms with E-state index in [0.29, 0.717) is 17.9 Å². The molecule has 0 saturated heterocycles. The summed E-state index contributed by atoms with van der Waals surface area (Å²) in [4.78, 5) is 12.3. The Hall–Kier alpha value is -2.30. The van der Waals surface area contributed by atoms with Crippen LogP contribution < -0.4 is 11.1 Å². The fourth-order valence-corrected chi connectivity index (χ4v) is 2.20. The summed E-state index contributed by atoms with van der Waals surface area (Å²) >= 11 is 0. The number of nitrogens with two attached hydrogens (primary N) is 1. The maximum atomic E-state index is 12.3. The fourth-order valence-electron chi connectivity index (χ4n) is 2.20. The zero-order valence-electron chi connectivity index (χ0n) is 11.8. The quantitative estimate of drug-likeness (QED) is 0.872. The van der Waals surface area contributed by atoms with Gasteiger partial charge in [-0.2, -0.15) is 5.10 Å². The molecule has 0 bridgehead atoms. The highest BCUT2D eigenvalue weighted by Gasteiger charge is 2.17. The van der Waals surface area contributed by atoms with Crippen LogP contribution in [-0.4, -0.2) is 21.7 Å². The summed E-state index contributed by atoms with van der Waals surface area (Å²) in [5.74, 6) is -0.176. The molecular weight excluding hydrogens is 252 g/mol. The summed E-state index contributed by atoms with van der Waals surface area (Å²) in [5, 5.41) is 7.04. The Balaban J connectivity index is 2.02. The van der Waals surface area contributed by atoms with Gasteiger partial charge >= 0.3 is 0 Å². The van der Waals surface area contributed by atoms with Crippen molar-refractivity contribution in [3.05, 3.63) is 47.8 Å². The number of anilines is 1.